The number of ether oxygens (including phenoxy) is 2. The first-order valence-electron chi connectivity index (χ1n) is 10.7. The lowest BCUT2D eigenvalue weighted by atomic mass is 10.1. The number of barbiturate groups is 1. The highest BCUT2D eigenvalue weighted by Crippen LogP contribution is 2.35. The van der Waals surface area contributed by atoms with Gasteiger partial charge < -0.3 is 14.6 Å². The van der Waals surface area contributed by atoms with E-state index < -0.39 is 23.8 Å². The molecule has 188 valence electrons. The first-order valence-corrected chi connectivity index (χ1v) is 12.1. The van der Waals surface area contributed by atoms with Gasteiger partial charge in [0.25, 0.3) is 11.8 Å². The summed E-state index contributed by atoms with van der Waals surface area (Å²) in [5, 5.41) is 11.8. The van der Waals surface area contributed by atoms with Crippen LogP contribution in [0.5, 0.6) is 11.5 Å². The highest BCUT2D eigenvalue weighted by molar-refractivity contribution is 14.1. The zero-order valence-corrected chi connectivity index (χ0v) is 22.1. The van der Waals surface area contributed by atoms with Gasteiger partial charge in [-0.3, -0.25) is 14.9 Å². The van der Waals surface area contributed by atoms with Crippen LogP contribution in [0.1, 0.15) is 21.5 Å². The van der Waals surface area contributed by atoms with E-state index >= 15 is 0 Å². The SMILES string of the molecule is COc1cc(/C=C2\C(=O)NC(=O)N(c3ccc(C(=O)O)cc3)C2=O)cc(I)c1OCc1cccc(Cl)c1. The van der Waals surface area contributed by atoms with Crippen LogP contribution in [0.15, 0.2) is 66.2 Å². The summed E-state index contributed by atoms with van der Waals surface area (Å²) in [6, 6.07) is 14.7. The number of carbonyl (C=O) groups is 4. The molecule has 4 rings (SSSR count). The predicted octanol–water partition coefficient (Wildman–Crippen LogP) is 4.90. The summed E-state index contributed by atoms with van der Waals surface area (Å²) in [4.78, 5) is 50.0. The van der Waals surface area contributed by atoms with Crippen LogP contribution in [0.4, 0.5) is 10.5 Å². The summed E-state index contributed by atoms with van der Waals surface area (Å²) in [5.74, 6) is -2.02. The number of urea groups is 1. The number of amides is 4. The van der Waals surface area contributed by atoms with Crippen molar-refractivity contribution >= 4 is 69.8 Å². The minimum Gasteiger partial charge on any atom is -0.493 e. The molecule has 0 atom stereocenters. The molecule has 1 fully saturated rings. The van der Waals surface area contributed by atoms with Gasteiger partial charge in [0.15, 0.2) is 11.5 Å². The van der Waals surface area contributed by atoms with Gasteiger partial charge in [-0.25, -0.2) is 14.5 Å². The molecule has 2 N–H and O–H groups in total. The fourth-order valence-electron chi connectivity index (χ4n) is 3.56. The number of hydrogen-bond acceptors (Lipinski definition) is 6. The van der Waals surface area contributed by atoms with Crippen LogP contribution < -0.4 is 19.7 Å². The number of carboxylic acids is 1. The van der Waals surface area contributed by atoms with Crippen molar-refractivity contribution in [1.29, 1.82) is 0 Å². The molecular weight excluding hydrogens is 615 g/mol. The number of imide groups is 2. The standard InChI is InChI=1S/C26H18ClIN2O7/c1-36-21-12-15(11-20(28)22(21)37-13-14-3-2-4-17(27)9-14)10-19-23(31)29-26(35)30(24(19)32)18-7-5-16(6-8-18)25(33)34/h2-12H,13H2,1H3,(H,33,34)(H,29,31,35)/b19-10+. The van der Waals surface area contributed by atoms with Crippen molar-refractivity contribution in [3.05, 3.63) is 91.5 Å². The fraction of sp³-hybridized carbons (Fsp3) is 0.0769. The molecule has 0 saturated carbocycles. The second kappa shape index (κ2) is 11.0. The van der Waals surface area contributed by atoms with Crippen molar-refractivity contribution in [3.63, 3.8) is 0 Å². The Labute approximate surface area is 229 Å². The number of aromatic carboxylic acids is 1. The lowest BCUT2D eigenvalue weighted by molar-refractivity contribution is -0.122. The van der Waals surface area contributed by atoms with E-state index in [1.165, 1.54) is 37.5 Å². The van der Waals surface area contributed by atoms with Gasteiger partial charge in [-0.1, -0.05) is 23.7 Å². The Bertz CT molecular complexity index is 1450. The number of nitrogens with zero attached hydrogens (tertiary/aromatic N) is 1. The topological polar surface area (TPSA) is 122 Å². The maximum absolute atomic E-state index is 13.2. The van der Waals surface area contributed by atoms with Crippen LogP contribution in [-0.4, -0.2) is 36.0 Å². The molecule has 0 unspecified atom stereocenters. The molecule has 0 bridgehead atoms. The second-order valence-electron chi connectivity index (χ2n) is 7.76. The zero-order valence-electron chi connectivity index (χ0n) is 19.2. The van der Waals surface area contributed by atoms with Crippen LogP contribution in [0.2, 0.25) is 5.02 Å². The van der Waals surface area contributed by atoms with Crippen LogP contribution in [0.25, 0.3) is 6.08 Å². The summed E-state index contributed by atoms with van der Waals surface area (Å²) < 4.78 is 12.1. The molecular formula is C26H18ClIN2O7. The number of halogens is 2. The predicted molar refractivity (Wildman–Crippen MR) is 144 cm³/mol. The Morgan fingerprint density at radius 2 is 1.84 bits per heavy atom. The van der Waals surface area contributed by atoms with Crippen molar-refractivity contribution in [2.45, 2.75) is 6.61 Å². The minimum absolute atomic E-state index is 0.0141. The van der Waals surface area contributed by atoms with Crippen LogP contribution in [-0.2, 0) is 16.2 Å². The highest BCUT2D eigenvalue weighted by atomic mass is 127. The van der Waals surface area contributed by atoms with E-state index in [2.05, 4.69) is 27.9 Å². The van der Waals surface area contributed by atoms with E-state index in [0.717, 1.165) is 10.5 Å². The van der Waals surface area contributed by atoms with Crippen molar-refractivity contribution in [2.24, 2.45) is 0 Å². The molecule has 3 aromatic rings. The number of rotatable bonds is 7. The van der Waals surface area contributed by atoms with E-state index in [0.29, 0.717) is 25.7 Å². The first-order chi connectivity index (χ1) is 17.7. The lowest BCUT2D eigenvalue weighted by Gasteiger charge is -2.26. The Hall–Kier alpha value is -3.90. The molecule has 0 aromatic heterocycles. The minimum atomic E-state index is -1.15. The van der Waals surface area contributed by atoms with Gasteiger partial charge in [-0.15, -0.1) is 0 Å². The summed E-state index contributed by atoms with van der Waals surface area (Å²) in [6.45, 7) is 0.242. The second-order valence-corrected chi connectivity index (χ2v) is 9.36. The molecule has 1 saturated heterocycles. The normalized spacial score (nSPS) is 14.5. The maximum atomic E-state index is 13.2. The Morgan fingerprint density at radius 1 is 1.11 bits per heavy atom. The lowest BCUT2D eigenvalue weighted by Crippen LogP contribution is -2.54. The van der Waals surface area contributed by atoms with Crippen LogP contribution in [0, 0.1) is 3.57 Å². The quantitative estimate of drug-likeness (QED) is 0.216. The molecule has 9 nitrogen and oxygen atoms in total. The molecule has 0 aliphatic carbocycles. The zero-order chi connectivity index (χ0) is 26.7. The van der Waals surface area contributed by atoms with E-state index in [-0.39, 0.29) is 23.4 Å². The number of carbonyl (C=O) groups excluding carboxylic acids is 3. The highest BCUT2D eigenvalue weighted by Gasteiger charge is 2.37. The number of hydrogen-bond donors (Lipinski definition) is 2. The number of carboxylic acid groups (broad SMARTS) is 1. The average molecular weight is 633 g/mol. The molecule has 37 heavy (non-hydrogen) atoms. The maximum Gasteiger partial charge on any atom is 0.335 e. The van der Waals surface area contributed by atoms with Crippen molar-refractivity contribution in [2.75, 3.05) is 12.0 Å². The molecule has 1 aliphatic heterocycles. The molecule has 1 heterocycles. The monoisotopic (exact) mass is 632 g/mol. The van der Waals surface area contributed by atoms with E-state index in [9.17, 15) is 19.2 Å². The van der Waals surface area contributed by atoms with Gasteiger partial charge in [-0.2, -0.15) is 0 Å². The summed E-state index contributed by atoms with van der Waals surface area (Å²) >= 11 is 8.09. The Kier molecular flexibility index (Phi) is 7.79. The average Bonchev–Trinajstić information content (AvgIpc) is 2.86. The van der Waals surface area contributed by atoms with E-state index in [1.54, 1.807) is 24.3 Å². The Morgan fingerprint density at radius 3 is 2.49 bits per heavy atom. The van der Waals surface area contributed by atoms with Gasteiger partial charge in [-0.05, 0) is 88.3 Å². The van der Waals surface area contributed by atoms with Gasteiger partial charge in [0.1, 0.15) is 12.2 Å². The molecule has 11 heteroatoms. The van der Waals surface area contributed by atoms with Crippen LogP contribution >= 0.6 is 34.2 Å². The molecule has 0 spiro atoms. The third-order valence-electron chi connectivity index (χ3n) is 5.31. The van der Waals surface area contributed by atoms with Crippen molar-refractivity contribution in [3.8, 4) is 11.5 Å². The molecule has 1 aliphatic rings. The van der Waals surface area contributed by atoms with Crippen molar-refractivity contribution < 1.29 is 33.8 Å². The number of methoxy groups -OCH3 is 1. The molecule has 4 amide bonds. The molecule has 0 radical (unpaired) electrons. The number of nitrogens with one attached hydrogen (secondary N) is 1. The van der Waals surface area contributed by atoms with E-state index in [1.807, 2.05) is 12.1 Å². The van der Waals surface area contributed by atoms with Gasteiger partial charge in [0.05, 0.1) is 21.9 Å². The van der Waals surface area contributed by atoms with E-state index in [4.69, 9.17) is 26.2 Å². The molecule has 3 aromatic carbocycles. The Balaban J connectivity index is 1.63. The third-order valence-corrected chi connectivity index (χ3v) is 6.35. The largest absolute Gasteiger partial charge is 0.493 e. The number of benzene rings is 3. The van der Waals surface area contributed by atoms with Crippen molar-refractivity contribution in [1.82, 2.24) is 5.32 Å². The fourth-order valence-corrected chi connectivity index (χ4v) is 4.55. The summed E-state index contributed by atoms with van der Waals surface area (Å²) in [6.07, 6.45) is 1.34. The van der Waals surface area contributed by atoms with Gasteiger partial charge >= 0.3 is 12.0 Å². The summed E-state index contributed by atoms with van der Waals surface area (Å²) in [5.41, 5.74) is 1.14. The first kappa shape index (κ1) is 26.2. The van der Waals surface area contributed by atoms with Gasteiger partial charge in [0.2, 0.25) is 0 Å². The summed E-state index contributed by atoms with van der Waals surface area (Å²) in [7, 11) is 1.47. The smallest absolute Gasteiger partial charge is 0.335 e. The number of anilines is 1. The third kappa shape index (κ3) is 5.75. The van der Waals surface area contributed by atoms with Gasteiger partial charge in [0, 0.05) is 5.02 Å². The van der Waals surface area contributed by atoms with Crippen LogP contribution in [0.3, 0.4) is 0 Å².